The molecular weight excluding hydrogens is 215 g/mol. The van der Waals surface area contributed by atoms with Crippen LogP contribution >= 0.6 is 0 Å². The van der Waals surface area contributed by atoms with Crippen molar-refractivity contribution in [2.45, 2.75) is 20.3 Å². The van der Waals surface area contributed by atoms with Crippen molar-refractivity contribution >= 4 is 5.52 Å². The number of fused-ring (bicyclic) bond motifs is 1. The van der Waals surface area contributed by atoms with Gasteiger partial charge < -0.3 is 9.30 Å². The third-order valence-electron chi connectivity index (χ3n) is 3.30. The monoisotopic (exact) mass is 234 g/mol. The molecule has 0 atom stereocenters. The van der Waals surface area contributed by atoms with E-state index in [1.54, 1.807) is 12.3 Å². The van der Waals surface area contributed by atoms with Gasteiger partial charge in [0.05, 0.1) is 5.52 Å². The van der Waals surface area contributed by atoms with E-state index in [1.165, 1.54) is 11.6 Å². The first-order valence-electron chi connectivity index (χ1n) is 6.22. The Morgan fingerprint density at radius 2 is 1.88 bits per heavy atom. The Bertz CT molecular complexity index is 486. The second-order valence-corrected chi connectivity index (χ2v) is 4.26. The van der Waals surface area contributed by atoms with E-state index in [9.17, 15) is 4.39 Å². The van der Waals surface area contributed by atoms with Crippen molar-refractivity contribution in [2.75, 3.05) is 19.6 Å². The number of rotatable bonds is 5. The highest BCUT2D eigenvalue weighted by molar-refractivity contribution is 5.55. The molecule has 2 nitrogen and oxygen atoms in total. The lowest BCUT2D eigenvalue weighted by Crippen LogP contribution is -2.25. The van der Waals surface area contributed by atoms with Crippen LogP contribution in [0, 0.1) is 5.82 Å². The van der Waals surface area contributed by atoms with Gasteiger partial charge in [0, 0.05) is 18.9 Å². The van der Waals surface area contributed by atoms with Crippen molar-refractivity contribution < 1.29 is 4.39 Å². The summed E-state index contributed by atoms with van der Waals surface area (Å²) in [6.45, 7) is 7.50. The third-order valence-corrected chi connectivity index (χ3v) is 3.30. The summed E-state index contributed by atoms with van der Waals surface area (Å²) in [6.07, 6.45) is 4.74. The van der Waals surface area contributed by atoms with Crippen LogP contribution in [0.25, 0.3) is 5.52 Å². The maximum Gasteiger partial charge on any atom is 0.126 e. The van der Waals surface area contributed by atoms with Crippen LogP contribution in [0.2, 0.25) is 0 Å². The second-order valence-electron chi connectivity index (χ2n) is 4.26. The fourth-order valence-electron chi connectivity index (χ4n) is 2.16. The van der Waals surface area contributed by atoms with Gasteiger partial charge in [0.1, 0.15) is 5.82 Å². The first kappa shape index (κ1) is 12.1. The van der Waals surface area contributed by atoms with Gasteiger partial charge in [-0.25, -0.2) is 4.39 Å². The normalized spacial score (nSPS) is 11.5. The molecule has 0 radical (unpaired) electrons. The van der Waals surface area contributed by atoms with E-state index in [-0.39, 0.29) is 5.82 Å². The Morgan fingerprint density at radius 3 is 2.59 bits per heavy atom. The topological polar surface area (TPSA) is 7.65 Å². The van der Waals surface area contributed by atoms with Gasteiger partial charge in [0.2, 0.25) is 0 Å². The molecule has 0 saturated heterocycles. The summed E-state index contributed by atoms with van der Waals surface area (Å²) >= 11 is 0. The summed E-state index contributed by atoms with van der Waals surface area (Å²) in [5, 5.41) is 0. The standard InChI is InChI=1S/C14H19FN2/c1-3-16(4-2)8-5-12-6-9-17-10-7-13(15)11-14(12)17/h6-7,9-11H,3-5,8H2,1-2H3. The number of hydrogen-bond acceptors (Lipinski definition) is 1. The SMILES string of the molecule is CCN(CC)CCc1ccn2ccc(F)cc12. The number of aromatic nitrogens is 1. The van der Waals surface area contributed by atoms with E-state index in [4.69, 9.17) is 0 Å². The van der Waals surface area contributed by atoms with Gasteiger partial charge in [-0.2, -0.15) is 0 Å². The van der Waals surface area contributed by atoms with Gasteiger partial charge in [-0.15, -0.1) is 0 Å². The number of likely N-dealkylation sites (N-methyl/N-ethyl adjacent to an activating group) is 1. The number of pyridine rings is 1. The summed E-state index contributed by atoms with van der Waals surface area (Å²) in [5.74, 6) is -0.166. The predicted molar refractivity (Wildman–Crippen MR) is 68.8 cm³/mol. The Morgan fingerprint density at radius 1 is 1.18 bits per heavy atom. The lowest BCUT2D eigenvalue weighted by Gasteiger charge is -2.17. The van der Waals surface area contributed by atoms with E-state index in [0.717, 1.165) is 31.6 Å². The van der Waals surface area contributed by atoms with Crippen LogP contribution in [0.3, 0.4) is 0 Å². The first-order chi connectivity index (χ1) is 8.24. The maximum atomic E-state index is 13.2. The van der Waals surface area contributed by atoms with Gasteiger partial charge in [0.15, 0.2) is 0 Å². The van der Waals surface area contributed by atoms with Crippen molar-refractivity contribution in [1.29, 1.82) is 0 Å². The van der Waals surface area contributed by atoms with E-state index in [0.29, 0.717) is 0 Å². The molecule has 0 bridgehead atoms. The van der Waals surface area contributed by atoms with E-state index in [1.807, 2.05) is 10.6 Å². The highest BCUT2D eigenvalue weighted by Crippen LogP contribution is 2.15. The molecule has 17 heavy (non-hydrogen) atoms. The number of nitrogens with zero attached hydrogens (tertiary/aromatic N) is 2. The lowest BCUT2D eigenvalue weighted by atomic mass is 10.2. The fourth-order valence-corrected chi connectivity index (χ4v) is 2.16. The van der Waals surface area contributed by atoms with Crippen LogP contribution in [0.4, 0.5) is 4.39 Å². The van der Waals surface area contributed by atoms with Crippen LogP contribution < -0.4 is 0 Å². The molecule has 0 unspecified atom stereocenters. The van der Waals surface area contributed by atoms with Crippen molar-refractivity contribution in [3.8, 4) is 0 Å². The average Bonchev–Trinajstić information content (AvgIpc) is 2.73. The summed E-state index contributed by atoms with van der Waals surface area (Å²) in [4.78, 5) is 2.38. The Kier molecular flexibility index (Phi) is 3.79. The maximum absolute atomic E-state index is 13.2. The summed E-state index contributed by atoms with van der Waals surface area (Å²) < 4.78 is 15.2. The molecule has 92 valence electrons. The van der Waals surface area contributed by atoms with Crippen molar-refractivity contribution in [2.24, 2.45) is 0 Å². The minimum Gasteiger partial charge on any atom is -0.323 e. The molecule has 2 heterocycles. The Labute approximate surface area is 102 Å². The van der Waals surface area contributed by atoms with Gasteiger partial charge in [-0.05, 0) is 43.3 Å². The quantitative estimate of drug-likeness (QED) is 0.772. The summed E-state index contributed by atoms with van der Waals surface area (Å²) in [5.41, 5.74) is 2.20. The lowest BCUT2D eigenvalue weighted by molar-refractivity contribution is 0.308. The van der Waals surface area contributed by atoms with Crippen molar-refractivity contribution in [3.05, 3.63) is 42.0 Å². The minimum absolute atomic E-state index is 0.166. The molecule has 2 rings (SSSR count). The van der Waals surface area contributed by atoms with Gasteiger partial charge in [0.25, 0.3) is 0 Å². The smallest absolute Gasteiger partial charge is 0.126 e. The molecule has 0 N–H and O–H groups in total. The molecule has 3 heteroatoms. The first-order valence-corrected chi connectivity index (χ1v) is 6.22. The molecular formula is C14H19FN2. The van der Waals surface area contributed by atoms with Crippen molar-refractivity contribution in [3.63, 3.8) is 0 Å². The molecule has 0 aliphatic rings. The number of halogens is 1. The fraction of sp³-hybridized carbons (Fsp3) is 0.429. The summed E-state index contributed by atoms with van der Waals surface area (Å²) in [6, 6.07) is 5.18. The molecule has 0 aliphatic heterocycles. The van der Waals surface area contributed by atoms with Gasteiger partial charge in [-0.1, -0.05) is 13.8 Å². The van der Waals surface area contributed by atoms with Crippen LogP contribution in [0.1, 0.15) is 19.4 Å². The van der Waals surface area contributed by atoms with E-state index < -0.39 is 0 Å². The number of hydrogen-bond donors (Lipinski definition) is 0. The minimum atomic E-state index is -0.166. The third kappa shape index (κ3) is 2.67. The zero-order chi connectivity index (χ0) is 12.3. The summed E-state index contributed by atoms with van der Waals surface area (Å²) in [7, 11) is 0. The molecule has 0 aromatic carbocycles. The molecule has 0 spiro atoms. The van der Waals surface area contributed by atoms with E-state index in [2.05, 4.69) is 24.8 Å². The highest BCUT2D eigenvalue weighted by atomic mass is 19.1. The average molecular weight is 234 g/mol. The zero-order valence-corrected chi connectivity index (χ0v) is 10.5. The highest BCUT2D eigenvalue weighted by Gasteiger charge is 2.05. The second kappa shape index (κ2) is 5.32. The molecule has 0 fully saturated rings. The largest absolute Gasteiger partial charge is 0.323 e. The molecule has 0 aliphatic carbocycles. The van der Waals surface area contributed by atoms with Gasteiger partial charge in [-0.3, -0.25) is 0 Å². The van der Waals surface area contributed by atoms with Gasteiger partial charge >= 0.3 is 0 Å². The van der Waals surface area contributed by atoms with Crippen molar-refractivity contribution in [1.82, 2.24) is 9.30 Å². The van der Waals surface area contributed by atoms with E-state index >= 15 is 0 Å². The van der Waals surface area contributed by atoms with Crippen LogP contribution in [0.5, 0.6) is 0 Å². The molecule has 2 aromatic heterocycles. The zero-order valence-electron chi connectivity index (χ0n) is 10.5. The van der Waals surface area contributed by atoms with Crippen LogP contribution in [-0.2, 0) is 6.42 Å². The molecule has 0 saturated carbocycles. The Balaban J connectivity index is 2.16. The Hall–Kier alpha value is -1.35. The molecule has 0 amide bonds. The predicted octanol–water partition coefficient (Wildman–Crippen LogP) is 2.96. The molecule has 2 aromatic rings. The van der Waals surface area contributed by atoms with Crippen LogP contribution in [-0.4, -0.2) is 28.9 Å². The van der Waals surface area contributed by atoms with Crippen LogP contribution in [0.15, 0.2) is 30.6 Å².